The maximum Gasteiger partial charge on any atom is 0.255 e. The molecule has 0 saturated carbocycles. The van der Waals surface area contributed by atoms with Crippen LogP contribution in [0.4, 0.5) is 0 Å². The standard InChI is InChI=1S/C22H26N2O4/c1-27-20-14-17(10-12-19(20)28-15-21(23)25)22(26)24-13-5-8-18(24)11-9-16-6-3-2-4-7-16/h2-4,6-7,10,12,14,18H,5,8-9,11,13,15H2,1H3,(H2,23,25). The zero-order valence-electron chi connectivity index (χ0n) is 16.1. The minimum Gasteiger partial charge on any atom is -0.493 e. The topological polar surface area (TPSA) is 81.9 Å². The predicted molar refractivity (Wildman–Crippen MR) is 107 cm³/mol. The van der Waals surface area contributed by atoms with Gasteiger partial charge in [-0.3, -0.25) is 9.59 Å². The first-order chi connectivity index (χ1) is 13.6. The zero-order chi connectivity index (χ0) is 19.9. The molecule has 1 saturated heterocycles. The first kappa shape index (κ1) is 19.7. The van der Waals surface area contributed by atoms with Gasteiger partial charge < -0.3 is 20.1 Å². The van der Waals surface area contributed by atoms with Crippen molar-refractivity contribution >= 4 is 11.8 Å². The first-order valence-electron chi connectivity index (χ1n) is 9.52. The number of rotatable bonds is 8. The maximum atomic E-state index is 13.1. The lowest BCUT2D eigenvalue weighted by Gasteiger charge is -2.25. The third-order valence-electron chi connectivity index (χ3n) is 5.03. The van der Waals surface area contributed by atoms with Gasteiger partial charge >= 0.3 is 0 Å². The maximum absolute atomic E-state index is 13.1. The molecule has 1 unspecified atom stereocenters. The van der Waals surface area contributed by atoms with Gasteiger partial charge in [-0.05, 0) is 49.4 Å². The lowest BCUT2D eigenvalue weighted by atomic mass is 10.0. The van der Waals surface area contributed by atoms with E-state index in [-0.39, 0.29) is 18.6 Å². The van der Waals surface area contributed by atoms with Crippen molar-refractivity contribution in [3.05, 3.63) is 59.7 Å². The monoisotopic (exact) mass is 382 g/mol. The highest BCUT2D eigenvalue weighted by atomic mass is 16.5. The molecule has 1 heterocycles. The number of likely N-dealkylation sites (tertiary alicyclic amines) is 1. The largest absolute Gasteiger partial charge is 0.493 e. The van der Waals surface area contributed by atoms with Crippen molar-refractivity contribution in [1.82, 2.24) is 4.90 Å². The SMILES string of the molecule is COc1cc(C(=O)N2CCCC2CCc2ccccc2)ccc1OCC(N)=O. The van der Waals surface area contributed by atoms with Gasteiger partial charge in [-0.15, -0.1) is 0 Å². The van der Waals surface area contributed by atoms with Crippen LogP contribution >= 0.6 is 0 Å². The van der Waals surface area contributed by atoms with Gasteiger partial charge in [-0.2, -0.15) is 0 Å². The van der Waals surface area contributed by atoms with E-state index in [1.807, 2.05) is 23.1 Å². The van der Waals surface area contributed by atoms with Crippen molar-refractivity contribution in [2.45, 2.75) is 31.7 Å². The van der Waals surface area contributed by atoms with Crippen LogP contribution in [-0.2, 0) is 11.2 Å². The Labute approximate surface area is 165 Å². The highest BCUT2D eigenvalue weighted by Gasteiger charge is 2.29. The molecule has 2 amide bonds. The average Bonchev–Trinajstić information content (AvgIpc) is 3.19. The zero-order valence-corrected chi connectivity index (χ0v) is 16.1. The van der Waals surface area contributed by atoms with Crippen LogP contribution in [0.1, 0.15) is 35.2 Å². The van der Waals surface area contributed by atoms with Crippen LogP contribution in [0.3, 0.4) is 0 Å². The molecule has 1 aliphatic heterocycles. The molecule has 1 fully saturated rings. The van der Waals surface area contributed by atoms with E-state index in [0.717, 1.165) is 32.2 Å². The number of amides is 2. The van der Waals surface area contributed by atoms with Crippen LogP contribution in [-0.4, -0.2) is 43.0 Å². The fraction of sp³-hybridized carbons (Fsp3) is 0.364. The molecule has 6 heteroatoms. The lowest BCUT2D eigenvalue weighted by Crippen LogP contribution is -2.35. The van der Waals surface area contributed by atoms with E-state index >= 15 is 0 Å². The number of primary amides is 1. The van der Waals surface area contributed by atoms with Gasteiger partial charge in [0.25, 0.3) is 11.8 Å². The number of ether oxygens (including phenoxy) is 2. The summed E-state index contributed by atoms with van der Waals surface area (Å²) in [6.07, 6.45) is 3.95. The first-order valence-corrected chi connectivity index (χ1v) is 9.52. The van der Waals surface area contributed by atoms with Crippen molar-refractivity contribution in [3.63, 3.8) is 0 Å². The molecule has 3 rings (SSSR count). The second-order valence-corrected chi connectivity index (χ2v) is 6.94. The summed E-state index contributed by atoms with van der Waals surface area (Å²) < 4.78 is 10.6. The Morgan fingerprint density at radius 1 is 1.14 bits per heavy atom. The molecule has 0 bridgehead atoms. The molecule has 1 atom stereocenters. The Hall–Kier alpha value is -3.02. The van der Waals surface area contributed by atoms with Crippen LogP contribution in [0.5, 0.6) is 11.5 Å². The molecule has 148 valence electrons. The van der Waals surface area contributed by atoms with Gasteiger partial charge in [0.2, 0.25) is 0 Å². The van der Waals surface area contributed by atoms with Crippen molar-refractivity contribution in [2.24, 2.45) is 5.73 Å². The molecule has 0 radical (unpaired) electrons. The summed E-state index contributed by atoms with van der Waals surface area (Å²) in [6, 6.07) is 15.6. The van der Waals surface area contributed by atoms with Crippen LogP contribution < -0.4 is 15.2 Å². The fourth-order valence-corrected chi connectivity index (χ4v) is 3.62. The molecular formula is C22H26N2O4. The number of carbonyl (C=O) groups is 2. The quantitative estimate of drug-likeness (QED) is 0.761. The smallest absolute Gasteiger partial charge is 0.255 e. The normalized spacial score (nSPS) is 16.0. The molecule has 28 heavy (non-hydrogen) atoms. The second-order valence-electron chi connectivity index (χ2n) is 6.94. The number of methoxy groups -OCH3 is 1. The predicted octanol–water partition coefficient (Wildman–Crippen LogP) is 2.80. The van der Waals surface area contributed by atoms with E-state index in [0.29, 0.717) is 17.1 Å². The Morgan fingerprint density at radius 3 is 2.64 bits per heavy atom. The minimum atomic E-state index is -0.569. The van der Waals surface area contributed by atoms with Gasteiger partial charge in [0.05, 0.1) is 7.11 Å². The fourth-order valence-electron chi connectivity index (χ4n) is 3.62. The van der Waals surface area contributed by atoms with Crippen LogP contribution in [0.15, 0.2) is 48.5 Å². The summed E-state index contributed by atoms with van der Waals surface area (Å²) in [5.74, 6) is 0.225. The summed E-state index contributed by atoms with van der Waals surface area (Å²) in [7, 11) is 1.50. The average molecular weight is 382 g/mol. The Balaban J connectivity index is 1.68. The Morgan fingerprint density at radius 2 is 1.93 bits per heavy atom. The van der Waals surface area contributed by atoms with Gasteiger partial charge in [0.1, 0.15) is 0 Å². The summed E-state index contributed by atoms with van der Waals surface area (Å²) in [6.45, 7) is 0.526. The van der Waals surface area contributed by atoms with E-state index in [1.54, 1.807) is 18.2 Å². The van der Waals surface area contributed by atoms with Crippen LogP contribution in [0.2, 0.25) is 0 Å². The highest BCUT2D eigenvalue weighted by Crippen LogP contribution is 2.30. The van der Waals surface area contributed by atoms with Crippen molar-refractivity contribution < 1.29 is 19.1 Å². The number of aryl methyl sites for hydroxylation is 1. The summed E-state index contributed by atoms with van der Waals surface area (Å²) in [4.78, 5) is 25.9. The Kier molecular flexibility index (Phi) is 6.53. The van der Waals surface area contributed by atoms with Crippen molar-refractivity contribution in [3.8, 4) is 11.5 Å². The molecule has 0 aromatic heterocycles. The van der Waals surface area contributed by atoms with E-state index in [4.69, 9.17) is 15.2 Å². The number of hydrogen-bond acceptors (Lipinski definition) is 4. The number of nitrogens with two attached hydrogens (primary N) is 1. The minimum absolute atomic E-state index is 0.00434. The molecule has 2 aromatic carbocycles. The van der Waals surface area contributed by atoms with Gasteiger partial charge in [0.15, 0.2) is 18.1 Å². The van der Waals surface area contributed by atoms with E-state index in [9.17, 15) is 9.59 Å². The van der Waals surface area contributed by atoms with E-state index in [2.05, 4.69) is 12.1 Å². The molecular weight excluding hydrogens is 356 g/mol. The molecule has 6 nitrogen and oxygen atoms in total. The summed E-state index contributed by atoms with van der Waals surface area (Å²) in [5.41, 5.74) is 6.95. The van der Waals surface area contributed by atoms with E-state index in [1.165, 1.54) is 12.7 Å². The Bertz CT molecular complexity index is 823. The van der Waals surface area contributed by atoms with Crippen molar-refractivity contribution in [2.75, 3.05) is 20.3 Å². The van der Waals surface area contributed by atoms with Gasteiger partial charge in [0, 0.05) is 18.2 Å². The van der Waals surface area contributed by atoms with Crippen molar-refractivity contribution in [1.29, 1.82) is 0 Å². The molecule has 0 aliphatic carbocycles. The van der Waals surface area contributed by atoms with Gasteiger partial charge in [-0.1, -0.05) is 30.3 Å². The number of benzene rings is 2. The van der Waals surface area contributed by atoms with Crippen LogP contribution in [0.25, 0.3) is 0 Å². The highest BCUT2D eigenvalue weighted by molar-refractivity contribution is 5.95. The lowest BCUT2D eigenvalue weighted by molar-refractivity contribution is -0.119. The van der Waals surface area contributed by atoms with Crippen LogP contribution in [0, 0.1) is 0 Å². The summed E-state index contributed by atoms with van der Waals surface area (Å²) in [5, 5.41) is 0. The van der Waals surface area contributed by atoms with E-state index < -0.39 is 5.91 Å². The molecule has 2 N–H and O–H groups in total. The third-order valence-corrected chi connectivity index (χ3v) is 5.03. The molecule has 0 spiro atoms. The second kappa shape index (κ2) is 9.26. The third kappa shape index (κ3) is 4.82. The number of hydrogen-bond donors (Lipinski definition) is 1. The summed E-state index contributed by atoms with van der Waals surface area (Å²) >= 11 is 0. The number of carbonyl (C=O) groups excluding carboxylic acids is 2. The number of nitrogens with zero attached hydrogens (tertiary/aromatic N) is 1. The van der Waals surface area contributed by atoms with Gasteiger partial charge in [-0.25, -0.2) is 0 Å². The molecule has 1 aliphatic rings. The molecule has 2 aromatic rings.